The van der Waals surface area contributed by atoms with Crippen LogP contribution in [0, 0.1) is 0 Å². The summed E-state index contributed by atoms with van der Waals surface area (Å²) in [5, 5.41) is 87.2. The van der Waals surface area contributed by atoms with Gasteiger partial charge in [0.1, 0.15) is 48.8 Å². The van der Waals surface area contributed by atoms with Crippen LogP contribution in [0.25, 0.3) is 0 Å². The summed E-state index contributed by atoms with van der Waals surface area (Å²) in [6.07, 6.45) is 35.4. The minimum atomic E-state index is -1.78. The van der Waals surface area contributed by atoms with Gasteiger partial charge in [0.25, 0.3) is 0 Å². The Hall–Kier alpha value is -1.01. The summed E-state index contributed by atoms with van der Waals surface area (Å²) in [5.74, 6) is -0.200. The summed E-state index contributed by atoms with van der Waals surface area (Å²) < 4.78 is 22.8. The smallest absolute Gasteiger partial charge is 0.220 e. The number of rotatable bonds is 51. The maximum atomic E-state index is 13.3. The third-order valence-electron chi connectivity index (χ3n) is 15.8. The first-order valence-corrected chi connectivity index (χ1v) is 31.3. The zero-order valence-electron chi connectivity index (χ0n) is 47.4. The summed E-state index contributed by atoms with van der Waals surface area (Å²) in [4.78, 5) is 13.3. The Labute approximate surface area is 451 Å². The van der Waals surface area contributed by atoms with Gasteiger partial charge in [-0.2, -0.15) is 0 Å². The van der Waals surface area contributed by atoms with Gasteiger partial charge in [0, 0.05) is 6.42 Å². The van der Waals surface area contributed by atoms with E-state index in [1.165, 1.54) is 205 Å². The average molecular weight is 1060 g/mol. The van der Waals surface area contributed by atoms with E-state index in [4.69, 9.17) is 18.9 Å². The molecule has 14 nitrogen and oxygen atoms in total. The fourth-order valence-electron chi connectivity index (χ4n) is 10.8. The van der Waals surface area contributed by atoms with Crippen LogP contribution in [0.2, 0.25) is 0 Å². The first-order valence-electron chi connectivity index (χ1n) is 31.3. The minimum absolute atomic E-state index is 0.200. The molecule has 12 atom stereocenters. The van der Waals surface area contributed by atoms with Crippen LogP contribution < -0.4 is 5.32 Å². The van der Waals surface area contributed by atoms with Crippen molar-refractivity contribution in [3.05, 3.63) is 0 Å². The van der Waals surface area contributed by atoms with Crippen LogP contribution in [0.4, 0.5) is 0 Å². The summed E-state index contributed by atoms with van der Waals surface area (Å²) in [5.41, 5.74) is 0. The Kier molecular flexibility index (Phi) is 43.8. The molecule has 2 aliphatic rings. The van der Waals surface area contributed by atoms with E-state index in [-0.39, 0.29) is 12.5 Å². The van der Waals surface area contributed by atoms with E-state index < -0.39 is 86.8 Å². The number of aliphatic hydroxyl groups is 8. The molecule has 0 aliphatic carbocycles. The van der Waals surface area contributed by atoms with Crippen LogP contribution >= 0.6 is 0 Å². The summed E-state index contributed by atoms with van der Waals surface area (Å²) in [6.45, 7) is 2.90. The van der Waals surface area contributed by atoms with Crippen molar-refractivity contribution in [3.8, 4) is 0 Å². The lowest BCUT2D eigenvalue weighted by Gasteiger charge is -2.46. The second kappa shape index (κ2) is 46.9. The number of unbranched alkanes of at least 4 members (excludes halogenated alkanes) is 38. The zero-order valence-corrected chi connectivity index (χ0v) is 47.4. The summed E-state index contributed by atoms with van der Waals surface area (Å²) in [7, 11) is 0. The number of hydrogen-bond donors (Lipinski definition) is 9. The molecule has 0 aromatic heterocycles. The van der Waals surface area contributed by atoms with Gasteiger partial charge in [-0.25, -0.2) is 0 Å². The van der Waals surface area contributed by atoms with Crippen LogP contribution in [-0.2, 0) is 23.7 Å². The molecule has 74 heavy (non-hydrogen) atoms. The Morgan fingerprint density at radius 1 is 0.432 bits per heavy atom. The van der Waals surface area contributed by atoms with Crippen LogP contribution in [0.5, 0.6) is 0 Å². The lowest BCUT2D eigenvalue weighted by molar-refractivity contribution is -0.359. The predicted octanol–water partition coefficient (Wildman–Crippen LogP) is 10.9. The van der Waals surface area contributed by atoms with Gasteiger partial charge in [-0.15, -0.1) is 0 Å². The number of nitrogens with one attached hydrogen (secondary N) is 1. The molecular weight excluding hydrogens is 943 g/mol. The largest absolute Gasteiger partial charge is 0.394 e. The number of aliphatic hydroxyl groups excluding tert-OH is 8. The quantitative estimate of drug-likeness (QED) is 0.0259. The molecule has 2 fully saturated rings. The van der Waals surface area contributed by atoms with Crippen LogP contribution in [-0.4, -0.2) is 140 Å². The fraction of sp³-hybridized carbons (Fsp3) is 0.983. The van der Waals surface area contributed by atoms with E-state index >= 15 is 0 Å². The molecule has 4 unspecified atom stereocenters. The van der Waals surface area contributed by atoms with Gasteiger partial charge in [0.15, 0.2) is 12.6 Å². The molecule has 2 heterocycles. The molecule has 0 bridgehead atoms. The molecule has 0 aromatic carbocycles. The van der Waals surface area contributed by atoms with Gasteiger partial charge < -0.3 is 65.1 Å². The van der Waals surface area contributed by atoms with Crippen molar-refractivity contribution in [2.45, 2.75) is 357 Å². The first kappa shape index (κ1) is 69.1. The van der Waals surface area contributed by atoms with Crippen LogP contribution in [0.3, 0.4) is 0 Å². The second-order valence-electron chi connectivity index (χ2n) is 22.6. The van der Waals surface area contributed by atoms with E-state index in [9.17, 15) is 45.6 Å². The molecule has 1 amide bonds. The van der Waals surface area contributed by atoms with Gasteiger partial charge in [-0.05, 0) is 12.8 Å². The Morgan fingerprint density at radius 3 is 1.15 bits per heavy atom. The molecule has 2 aliphatic heterocycles. The van der Waals surface area contributed by atoms with E-state index in [0.717, 1.165) is 51.4 Å². The van der Waals surface area contributed by atoms with Crippen LogP contribution in [0.1, 0.15) is 284 Å². The monoisotopic (exact) mass is 1060 g/mol. The van der Waals surface area contributed by atoms with Crippen molar-refractivity contribution in [3.63, 3.8) is 0 Å². The molecule has 0 saturated carbocycles. The Bertz CT molecular complexity index is 1250. The van der Waals surface area contributed by atoms with E-state index in [1.807, 2.05) is 0 Å². The number of ether oxygens (including phenoxy) is 4. The lowest BCUT2D eigenvalue weighted by Crippen LogP contribution is -2.65. The second-order valence-corrected chi connectivity index (χ2v) is 22.6. The average Bonchev–Trinajstić information content (AvgIpc) is 3.40. The maximum Gasteiger partial charge on any atom is 0.220 e. The summed E-state index contributed by atoms with van der Waals surface area (Å²) in [6, 6.07) is -0.822. The van der Waals surface area contributed by atoms with Crippen molar-refractivity contribution >= 4 is 5.91 Å². The topological polar surface area (TPSA) is 228 Å². The fourth-order valence-corrected chi connectivity index (χ4v) is 10.8. The Balaban J connectivity index is 1.68. The highest BCUT2D eigenvalue weighted by molar-refractivity contribution is 5.76. The minimum Gasteiger partial charge on any atom is -0.394 e. The highest BCUT2D eigenvalue weighted by atomic mass is 16.7. The van der Waals surface area contributed by atoms with Crippen molar-refractivity contribution in [2.24, 2.45) is 0 Å². The highest BCUT2D eigenvalue weighted by Gasteiger charge is 2.51. The van der Waals surface area contributed by atoms with E-state index in [2.05, 4.69) is 19.2 Å². The number of carbonyl (C=O) groups excluding carboxylic acids is 1. The van der Waals surface area contributed by atoms with Gasteiger partial charge in [0.05, 0.1) is 32.0 Å². The first-order chi connectivity index (χ1) is 36.1. The van der Waals surface area contributed by atoms with Crippen molar-refractivity contribution in [1.82, 2.24) is 5.32 Å². The molecular formula is C60H117NO13. The van der Waals surface area contributed by atoms with Gasteiger partial charge in [-0.1, -0.05) is 264 Å². The number of carbonyl (C=O) groups is 1. The Morgan fingerprint density at radius 2 is 0.770 bits per heavy atom. The molecule has 9 N–H and O–H groups in total. The van der Waals surface area contributed by atoms with Crippen molar-refractivity contribution in [2.75, 3.05) is 19.8 Å². The van der Waals surface area contributed by atoms with Gasteiger partial charge in [-0.3, -0.25) is 4.79 Å². The van der Waals surface area contributed by atoms with Gasteiger partial charge >= 0.3 is 0 Å². The molecule has 0 aromatic rings. The molecule has 0 spiro atoms. The third-order valence-corrected chi connectivity index (χ3v) is 15.8. The normalized spacial score (nSPS) is 25.1. The molecule has 14 heteroatoms. The predicted molar refractivity (Wildman–Crippen MR) is 296 cm³/mol. The standard InChI is InChI=1S/C60H117NO13/c1-3-5-7-9-11-13-15-17-19-20-21-22-23-24-25-26-27-28-29-30-32-34-36-38-40-42-44-52(65)61-48(49(64)43-41-39-37-35-33-31-18-16-14-12-10-8-6-4-2)47-71-59-57(70)55(68)58(51(46-63)73-59)74-60-56(69)54(67)53(66)50(45-62)72-60/h48-51,53-60,62-64,66-70H,3-47H2,1-2H3,(H,61,65)/t48-,49+,50+,51+,53-,54?,55?,56?,57?,58+,59+,60-/m0/s1. The molecule has 440 valence electrons. The molecule has 2 saturated heterocycles. The highest BCUT2D eigenvalue weighted by Crippen LogP contribution is 2.30. The van der Waals surface area contributed by atoms with E-state index in [0.29, 0.717) is 12.8 Å². The number of amides is 1. The number of hydrogen-bond acceptors (Lipinski definition) is 13. The van der Waals surface area contributed by atoms with Crippen LogP contribution in [0.15, 0.2) is 0 Å². The lowest BCUT2D eigenvalue weighted by atomic mass is 9.97. The van der Waals surface area contributed by atoms with Crippen molar-refractivity contribution in [1.29, 1.82) is 0 Å². The summed E-state index contributed by atoms with van der Waals surface area (Å²) >= 11 is 0. The van der Waals surface area contributed by atoms with Gasteiger partial charge in [0.2, 0.25) is 5.91 Å². The third kappa shape index (κ3) is 32.2. The van der Waals surface area contributed by atoms with E-state index in [1.54, 1.807) is 0 Å². The maximum absolute atomic E-state index is 13.3. The van der Waals surface area contributed by atoms with Crippen molar-refractivity contribution < 1.29 is 64.6 Å². The zero-order chi connectivity index (χ0) is 53.9. The SMILES string of the molecule is CCCCCCCCCCCCCCCCCCCCCCCCCCCCC(=O)N[C@@H](CO[C@@H]1O[C@H](CO)[C@@H](O[C@@H]2O[C@H](CO)[C@H](O)C(O)C2O)C(O)C1O)[C@H](O)CCCCCCCCCCCCCCCC. The molecule has 0 radical (unpaired) electrons. The molecule has 2 rings (SSSR count).